The maximum absolute atomic E-state index is 10.4. The molecule has 0 unspecified atom stereocenters. The quantitative estimate of drug-likeness (QED) is 0.641. The van der Waals surface area contributed by atoms with Gasteiger partial charge in [0.05, 0.1) is 19.6 Å². The third kappa shape index (κ3) is 3.62. The molecule has 0 aliphatic heterocycles. The van der Waals surface area contributed by atoms with Gasteiger partial charge in [0.1, 0.15) is 22.8 Å². The maximum atomic E-state index is 10.4. The molecule has 7 nitrogen and oxygen atoms in total. The van der Waals surface area contributed by atoms with Crippen molar-refractivity contribution in [3.05, 3.63) is 47.5 Å². The molecule has 140 valence electrons. The van der Waals surface area contributed by atoms with Gasteiger partial charge in [-0.25, -0.2) is 9.97 Å². The van der Waals surface area contributed by atoms with Crippen LogP contribution in [0.25, 0.3) is 22.7 Å². The molecule has 0 aliphatic carbocycles. The van der Waals surface area contributed by atoms with E-state index in [0.717, 1.165) is 10.9 Å². The molecule has 27 heavy (non-hydrogen) atoms. The Morgan fingerprint density at radius 2 is 2.07 bits per heavy atom. The summed E-state index contributed by atoms with van der Waals surface area (Å²) in [7, 11) is 3.21. The zero-order chi connectivity index (χ0) is 19.4. The summed E-state index contributed by atoms with van der Waals surface area (Å²) in [4.78, 5) is 13.2. The van der Waals surface area contributed by atoms with Gasteiger partial charge in [0, 0.05) is 36.1 Å². The number of anilines is 1. The first-order valence-corrected chi connectivity index (χ1v) is 8.57. The zero-order valence-corrected chi connectivity index (χ0v) is 15.8. The molecule has 2 heterocycles. The van der Waals surface area contributed by atoms with Crippen LogP contribution < -0.4 is 14.8 Å². The Balaban J connectivity index is 2.23. The molecule has 0 spiro atoms. The number of aliphatic hydroxyl groups is 1. The predicted octanol–water partition coefficient (Wildman–Crippen LogP) is 3.84. The summed E-state index contributed by atoms with van der Waals surface area (Å²) < 4.78 is 11.0. The third-order valence-corrected chi connectivity index (χ3v) is 4.16. The summed E-state index contributed by atoms with van der Waals surface area (Å²) in [5.74, 6) is 2.35. The van der Waals surface area contributed by atoms with E-state index in [0.29, 0.717) is 40.8 Å². The van der Waals surface area contributed by atoms with Gasteiger partial charge in [-0.05, 0) is 32.0 Å². The number of aliphatic hydroxyl groups excluding tert-OH is 1. The Bertz CT molecular complexity index is 988. The second-order valence-corrected chi connectivity index (χ2v) is 5.87. The van der Waals surface area contributed by atoms with Crippen LogP contribution >= 0.6 is 0 Å². The summed E-state index contributed by atoms with van der Waals surface area (Å²) >= 11 is 0. The van der Waals surface area contributed by atoms with Crippen LogP contribution in [0.2, 0.25) is 0 Å². The van der Waals surface area contributed by atoms with Crippen molar-refractivity contribution in [3.63, 3.8) is 0 Å². The monoisotopic (exact) mass is 366 g/mol. The summed E-state index contributed by atoms with van der Waals surface area (Å²) in [5.41, 5.74) is 2.08. The minimum absolute atomic E-state index is 0.0362. The minimum Gasteiger partial charge on any atom is -0.507 e. The first kappa shape index (κ1) is 18.4. The first-order valence-electron chi connectivity index (χ1n) is 8.57. The Kier molecular flexibility index (Phi) is 5.40. The van der Waals surface area contributed by atoms with Gasteiger partial charge in [-0.2, -0.15) is 0 Å². The van der Waals surface area contributed by atoms with Gasteiger partial charge in [0.15, 0.2) is 11.6 Å². The van der Waals surface area contributed by atoms with E-state index in [1.165, 1.54) is 6.08 Å². The van der Waals surface area contributed by atoms with E-state index in [4.69, 9.17) is 9.47 Å². The Morgan fingerprint density at radius 1 is 1.26 bits per heavy atom. The molecule has 7 heteroatoms. The molecule has 0 amide bonds. The van der Waals surface area contributed by atoms with Gasteiger partial charge < -0.3 is 19.9 Å². The lowest BCUT2D eigenvalue weighted by Gasteiger charge is -2.15. The fraction of sp³-hybridized carbons (Fsp3) is 0.250. The van der Waals surface area contributed by atoms with E-state index in [2.05, 4.69) is 20.3 Å². The van der Waals surface area contributed by atoms with E-state index in [9.17, 15) is 5.11 Å². The second kappa shape index (κ2) is 7.90. The molecule has 0 atom stereocenters. The lowest BCUT2D eigenvalue weighted by Crippen LogP contribution is -2.05. The molecule has 3 rings (SSSR count). The largest absolute Gasteiger partial charge is 0.507 e. The predicted molar refractivity (Wildman–Crippen MR) is 106 cm³/mol. The number of fused-ring (bicyclic) bond motifs is 1. The van der Waals surface area contributed by atoms with Crippen LogP contribution in [0.1, 0.15) is 23.9 Å². The van der Waals surface area contributed by atoms with Gasteiger partial charge in [0.25, 0.3) is 0 Å². The van der Waals surface area contributed by atoms with Crippen molar-refractivity contribution in [1.82, 2.24) is 15.0 Å². The number of rotatable bonds is 6. The molecule has 2 N–H and O–H groups in total. The van der Waals surface area contributed by atoms with Crippen LogP contribution in [0.4, 0.5) is 5.82 Å². The van der Waals surface area contributed by atoms with E-state index in [1.54, 1.807) is 38.7 Å². The molecule has 0 aliphatic rings. The second-order valence-electron chi connectivity index (χ2n) is 5.87. The van der Waals surface area contributed by atoms with Crippen molar-refractivity contribution in [2.75, 3.05) is 26.1 Å². The lowest BCUT2D eigenvalue weighted by atomic mass is 10.1. The topological polar surface area (TPSA) is 89.4 Å². The highest BCUT2D eigenvalue weighted by Crippen LogP contribution is 2.37. The Morgan fingerprint density at radius 3 is 2.70 bits per heavy atom. The molecule has 0 radical (unpaired) electrons. The molecule has 2 aromatic heterocycles. The van der Waals surface area contributed by atoms with Crippen molar-refractivity contribution in [2.45, 2.75) is 13.8 Å². The smallest absolute Gasteiger partial charge is 0.158 e. The lowest BCUT2D eigenvalue weighted by molar-refractivity contribution is 0.392. The summed E-state index contributed by atoms with van der Waals surface area (Å²) in [5, 5.41) is 14.4. The SMILES string of the molecule is CCNc1nc(/C=C(\O)c2cccnc2)nc2c(OC)c(C)c(OC)cc12. The summed E-state index contributed by atoms with van der Waals surface area (Å²) in [6.07, 6.45) is 4.73. The van der Waals surface area contributed by atoms with Crippen molar-refractivity contribution in [3.8, 4) is 11.5 Å². The maximum Gasteiger partial charge on any atom is 0.158 e. The first-order chi connectivity index (χ1) is 13.1. The molecular weight excluding hydrogens is 344 g/mol. The normalized spacial score (nSPS) is 11.5. The third-order valence-electron chi connectivity index (χ3n) is 4.16. The average Bonchev–Trinajstić information content (AvgIpc) is 2.68. The van der Waals surface area contributed by atoms with Gasteiger partial charge in [-0.3, -0.25) is 4.98 Å². The van der Waals surface area contributed by atoms with E-state index >= 15 is 0 Å². The number of nitrogens with one attached hydrogen (secondary N) is 1. The van der Waals surface area contributed by atoms with Crippen LogP contribution in [0.15, 0.2) is 30.6 Å². The van der Waals surface area contributed by atoms with Gasteiger partial charge in [-0.15, -0.1) is 0 Å². The summed E-state index contributed by atoms with van der Waals surface area (Å²) in [6.45, 7) is 4.58. The molecule has 0 fully saturated rings. The van der Waals surface area contributed by atoms with Crippen LogP contribution in [0.3, 0.4) is 0 Å². The van der Waals surface area contributed by atoms with Crippen molar-refractivity contribution < 1.29 is 14.6 Å². The molecule has 1 aromatic carbocycles. The highest BCUT2D eigenvalue weighted by molar-refractivity contribution is 5.96. The van der Waals surface area contributed by atoms with E-state index in [-0.39, 0.29) is 5.76 Å². The standard InChI is InChI=1S/C20H22N4O3/c1-5-22-20-14-9-16(26-3)12(2)19(27-4)18(14)23-17(24-20)10-15(25)13-7-6-8-21-11-13/h6-11,25H,5H2,1-4H3,(H,22,23,24)/b15-10-. The molecule has 0 saturated heterocycles. The van der Waals surface area contributed by atoms with Crippen molar-refractivity contribution >= 4 is 28.6 Å². The number of hydrogen-bond donors (Lipinski definition) is 2. The number of pyridine rings is 1. The van der Waals surface area contributed by atoms with Crippen LogP contribution in [0, 0.1) is 6.92 Å². The number of aromatic nitrogens is 3. The number of nitrogens with zero attached hydrogens (tertiary/aromatic N) is 3. The zero-order valence-electron chi connectivity index (χ0n) is 15.8. The Hall–Kier alpha value is -3.35. The molecule has 3 aromatic rings. The fourth-order valence-electron chi connectivity index (χ4n) is 2.87. The van der Waals surface area contributed by atoms with Gasteiger partial charge >= 0.3 is 0 Å². The number of hydrogen-bond acceptors (Lipinski definition) is 7. The average molecular weight is 366 g/mol. The van der Waals surface area contributed by atoms with Crippen molar-refractivity contribution in [2.24, 2.45) is 0 Å². The number of methoxy groups -OCH3 is 2. The molecule has 0 bridgehead atoms. The van der Waals surface area contributed by atoms with Crippen LogP contribution in [-0.2, 0) is 0 Å². The van der Waals surface area contributed by atoms with Gasteiger partial charge in [0.2, 0.25) is 0 Å². The molecular formula is C20H22N4O3. The summed E-state index contributed by atoms with van der Waals surface area (Å²) in [6, 6.07) is 5.41. The Labute approximate surface area is 157 Å². The van der Waals surface area contributed by atoms with Crippen LogP contribution in [0.5, 0.6) is 11.5 Å². The van der Waals surface area contributed by atoms with E-state index < -0.39 is 0 Å². The van der Waals surface area contributed by atoms with Crippen molar-refractivity contribution in [1.29, 1.82) is 0 Å². The van der Waals surface area contributed by atoms with Crippen LogP contribution in [-0.4, -0.2) is 40.8 Å². The van der Waals surface area contributed by atoms with E-state index in [1.807, 2.05) is 19.9 Å². The number of benzene rings is 1. The highest BCUT2D eigenvalue weighted by Gasteiger charge is 2.17. The van der Waals surface area contributed by atoms with Gasteiger partial charge in [-0.1, -0.05) is 0 Å². The fourth-order valence-corrected chi connectivity index (χ4v) is 2.87. The molecule has 0 saturated carbocycles. The number of ether oxygens (including phenoxy) is 2. The highest BCUT2D eigenvalue weighted by atomic mass is 16.5. The minimum atomic E-state index is 0.0362.